The molecule has 3 rings (SSSR count). The minimum Gasteiger partial charge on any atom is -0.488 e. The van der Waals surface area contributed by atoms with E-state index in [-0.39, 0.29) is 0 Å². The number of hydrogen-bond donors (Lipinski definition) is 0. The summed E-state index contributed by atoms with van der Waals surface area (Å²) in [5.41, 5.74) is 4.28. The molecule has 0 radical (unpaired) electrons. The molecule has 3 nitrogen and oxygen atoms in total. The highest BCUT2D eigenvalue weighted by Gasteiger charge is 2.08. The van der Waals surface area contributed by atoms with Crippen molar-refractivity contribution in [1.29, 1.82) is 0 Å². The number of halogens is 1. The highest BCUT2D eigenvalue weighted by molar-refractivity contribution is 9.10. The molecule has 0 saturated carbocycles. The molecule has 0 aliphatic rings. The van der Waals surface area contributed by atoms with Crippen LogP contribution in [0.1, 0.15) is 30.7 Å². The second kappa shape index (κ2) is 8.45. The number of rotatable bonds is 7. The van der Waals surface area contributed by atoms with Gasteiger partial charge in [-0.2, -0.15) is 0 Å². The third-order valence-electron chi connectivity index (χ3n) is 4.06. The molecule has 0 N–H and O–H groups in total. The van der Waals surface area contributed by atoms with Crippen LogP contribution in [-0.2, 0) is 24.4 Å². The minimum absolute atomic E-state index is 0.517. The summed E-state index contributed by atoms with van der Waals surface area (Å²) in [6, 6.07) is 16.4. The number of benzene rings is 2. The first kappa shape index (κ1) is 17.9. The first-order valence-electron chi connectivity index (χ1n) is 8.57. The van der Waals surface area contributed by atoms with Gasteiger partial charge >= 0.3 is 0 Å². The van der Waals surface area contributed by atoms with Gasteiger partial charge in [0.05, 0.1) is 12.1 Å². The molecule has 2 aromatic carbocycles. The van der Waals surface area contributed by atoms with E-state index in [1.165, 1.54) is 0 Å². The standard InChI is InChI=1S/C21H22BrNO2/c1-3-17-12-21(18-7-5-6-8-20(18)23-17)25-13-15-9-10-19(22)16(11-15)14-24-4-2/h5-12H,3-4,13-14H2,1-2H3. The van der Waals surface area contributed by atoms with Gasteiger partial charge in [0.2, 0.25) is 0 Å². The number of aryl methyl sites for hydroxylation is 1. The number of para-hydroxylation sites is 1. The van der Waals surface area contributed by atoms with Gasteiger partial charge in [-0.05, 0) is 48.7 Å². The average Bonchev–Trinajstić information content (AvgIpc) is 2.65. The fourth-order valence-electron chi connectivity index (χ4n) is 2.70. The molecule has 0 bridgehead atoms. The predicted octanol–water partition coefficient (Wildman–Crippen LogP) is 5.68. The van der Waals surface area contributed by atoms with Gasteiger partial charge < -0.3 is 9.47 Å². The summed E-state index contributed by atoms with van der Waals surface area (Å²) in [5, 5.41) is 1.05. The lowest BCUT2D eigenvalue weighted by Crippen LogP contribution is -2.00. The number of nitrogens with zero attached hydrogens (tertiary/aromatic N) is 1. The van der Waals surface area contributed by atoms with Crippen molar-refractivity contribution < 1.29 is 9.47 Å². The van der Waals surface area contributed by atoms with Crippen molar-refractivity contribution in [1.82, 2.24) is 4.98 Å². The maximum atomic E-state index is 6.15. The topological polar surface area (TPSA) is 31.4 Å². The Kier molecular flexibility index (Phi) is 6.05. The van der Waals surface area contributed by atoms with Gasteiger partial charge in [-0.15, -0.1) is 0 Å². The molecule has 0 unspecified atom stereocenters. The van der Waals surface area contributed by atoms with Gasteiger partial charge in [0.1, 0.15) is 12.4 Å². The fraction of sp³-hybridized carbons (Fsp3) is 0.286. The zero-order valence-electron chi connectivity index (χ0n) is 14.6. The average molecular weight is 400 g/mol. The van der Waals surface area contributed by atoms with Gasteiger partial charge in [-0.3, -0.25) is 4.98 Å². The second-order valence-electron chi connectivity index (χ2n) is 5.83. The van der Waals surface area contributed by atoms with Crippen molar-refractivity contribution in [3.8, 4) is 5.75 Å². The lowest BCUT2D eigenvalue weighted by atomic mass is 10.1. The van der Waals surface area contributed by atoms with E-state index in [0.717, 1.165) is 44.4 Å². The Balaban J connectivity index is 1.83. The van der Waals surface area contributed by atoms with Crippen LogP contribution in [0.4, 0.5) is 0 Å². The van der Waals surface area contributed by atoms with E-state index in [0.29, 0.717) is 19.8 Å². The van der Waals surface area contributed by atoms with Gasteiger partial charge in [-0.25, -0.2) is 0 Å². The van der Waals surface area contributed by atoms with Crippen molar-refractivity contribution in [3.05, 3.63) is 69.8 Å². The van der Waals surface area contributed by atoms with E-state index >= 15 is 0 Å². The molecular weight excluding hydrogens is 378 g/mol. The second-order valence-corrected chi connectivity index (χ2v) is 6.69. The molecule has 1 heterocycles. The molecule has 1 aromatic heterocycles. The van der Waals surface area contributed by atoms with E-state index in [2.05, 4.69) is 52.1 Å². The third kappa shape index (κ3) is 4.39. The SMILES string of the molecule is CCOCc1cc(COc2cc(CC)nc3ccccc23)ccc1Br. The largest absolute Gasteiger partial charge is 0.488 e. The summed E-state index contributed by atoms with van der Waals surface area (Å²) in [7, 11) is 0. The molecule has 25 heavy (non-hydrogen) atoms. The van der Waals surface area contributed by atoms with Crippen LogP contribution in [0, 0.1) is 0 Å². The quantitative estimate of drug-likeness (QED) is 0.512. The van der Waals surface area contributed by atoms with Crippen LogP contribution in [0.5, 0.6) is 5.75 Å². The maximum Gasteiger partial charge on any atom is 0.131 e. The third-order valence-corrected chi connectivity index (χ3v) is 4.83. The molecule has 0 spiro atoms. The van der Waals surface area contributed by atoms with Crippen LogP contribution in [0.15, 0.2) is 53.0 Å². The predicted molar refractivity (Wildman–Crippen MR) is 105 cm³/mol. The highest BCUT2D eigenvalue weighted by Crippen LogP contribution is 2.27. The first-order valence-corrected chi connectivity index (χ1v) is 9.37. The zero-order valence-corrected chi connectivity index (χ0v) is 16.2. The summed E-state index contributed by atoms with van der Waals surface area (Å²) >= 11 is 3.58. The molecule has 0 aliphatic carbocycles. The van der Waals surface area contributed by atoms with E-state index in [4.69, 9.17) is 9.47 Å². The van der Waals surface area contributed by atoms with Crippen LogP contribution in [0.25, 0.3) is 10.9 Å². The van der Waals surface area contributed by atoms with Gasteiger partial charge in [0, 0.05) is 28.2 Å². The Morgan fingerprint density at radius 2 is 1.84 bits per heavy atom. The molecule has 0 aliphatic heterocycles. The number of hydrogen-bond acceptors (Lipinski definition) is 3. The summed E-state index contributed by atoms with van der Waals surface area (Å²) in [4.78, 5) is 4.67. The van der Waals surface area contributed by atoms with E-state index < -0.39 is 0 Å². The van der Waals surface area contributed by atoms with E-state index in [1.807, 2.05) is 31.2 Å². The smallest absolute Gasteiger partial charge is 0.131 e. The zero-order chi connectivity index (χ0) is 17.6. The molecule has 3 aromatic rings. The maximum absolute atomic E-state index is 6.15. The Hall–Kier alpha value is -1.91. The van der Waals surface area contributed by atoms with Crippen molar-refractivity contribution in [3.63, 3.8) is 0 Å². The molecule has 0 atom stereocenters. The number of fused-ring (bicyclic) bond motifs is 1. The normalized spacial score (nSPS) is 11.0. The van der Waals surface area contributed by atoms with E-state index in [1.54, 1.807) is 0 Å². The lowest BCUT2D eigenvalue weighted by molar-refractivity contribution is 0.133. The summed E-state index contributed by atoms with van der Waals surface area (Å²) in [6.07, 6.45) is 0.887. The number of ether oxygens (including phenoxy) is 2. The van der Waals surface area contributed by atoms with Gasteiger partial charge in [0.25, 0.3) is 0 Å². The van der Waals surface area contributed by atoms with Crippen LogP contribution in [0.2, 0.25) is 0 Å². The van der Waals surface area contributed by atoms with Crippen LogP contribution in [0.3, 0.4) is 0 Å². The molecular formula is C21H22BrNO2. The van der Waals surface area contributed by atoms with Gasteiger partial charge in [-0.1, -0.05) is 41.1 Å². The van der Waals surface area contributed by atoms with E-state index in [9.17, 15) is 0 Å². The Morgan fingerprint density at radius 3 is 2.64 bits per heavy atom. The minimum atomic E-state index is 0.517. The first-order chi connectivity index (χ1) is 12.2. The number of aromatic nitrogens is 1. The van der Waals surface area contributed by atoms with Crippen molar-refractivity contribution in [2.75, 3.05) is 6.61 Å². The van der Waals surface area contributed by atoms with Gasteiger partial charge in [0.15, 0.2) is 0 Å². The fourth-order valence-corrected chi connectivity index (χ4v) is 3.06. The molecule has 0 amide bonds. The Labute approximate surface area is 157 Å². The Morgan fingerprint density at radius 1 is 1.00 bits per heavy atom. The Bertz CT molecular complexity index is 864. The van der Waals surface area contributed by atoms with Crippen molar-refractivity contribution >= 4 is 26.8 Å². The monoisotopic (exact) mass is 399 g/mol. The molecule has 130 valence electrons. The number of pyridine rings is 1. The van der Waals surface area contributed by atoms with Crippen molar-refractivity contribution in [2.45, 2.75) is 33.5 Å². The summed E-state index contributed by atoms with van der Waals surface area (Å²) in [5.74, 6) is 0.886. The van der Waals surface area contributed by atoms with Crippen LogP contribution >= 0.6 is 15.9 Å². The molecule has 0 fully saturated rings. The molecule has 4 heteroatoms. The van der Waals surface area contributed by atoms with Crippen LogP contribution < -0.4 is 4.74 Å². The lowest BCUT2D eigenvalue weighted by Gasteiger charge is -2.12. The van der Waals surface area contributed by atoms with Crippen molar-refractivity contribution in [2.24, 2.45) is 0 Å². The molecule has 0 saturated heterocycles. The van der Waals surface area contributed by atoms with Crippen LogP contribution in [-0.4, -0.2) is 11.6 Å². The summed E-state index contributed by atoms with van der Waals surface area (Å²) in [6.45, 7) is 5.93. The highest BCUT2D eigenvalue weighted by atomic mass is 79.9. The summed E-state index contributed by atoms with van der Waals surface area (Å²) < 4.78 is 12.7.